The highest BCUT2D eigenvalue weighted by molar-refractivity contribution is 7.16. The van der Waals surface area contributed by atoms with E-state index in [0.29, 0.717) is 11.3 Å². The molecule has 25 heavy (non-hydrogen) atoms. The molecule has 0 bridgehead atoms. The van der Waals surface area contributed by atoms with E-state index in [-0.39, 0.29) is 17.8 Å². The molecule has 2 heterocycles. The zero-order chi connectivity index (χ0) is 17.8. The van der Waals surface area contributed by atoms with Crippen molar-refractivity contribution < 1.29 is 9.90 Å². The number of nitrogens with one attached hydrogen (secondary N) is 2. The van der Waals surface area contributed by atoms with Crippen molar-refractivity contribution in [2.75, 3.05) is 5.32 Å². The third kappa shape index (κ3) is 2.91. The van der Waals surface area contributed by atoms with Gasteiger partial charge in [-0.3, -0.25) is 4.79 Å². The molecule has 0 radical (unpaired) electrons. The highest BCUT2D eigenvalue weighted by Crippen LogP contribution is 2.46. The minimum absolute atomic E-state index is 0.0125. The SMILES string of the molecule is CC(C)(C)[C@@H]1CCc2c(sc3c2C(=O)N[C@H](c2ccc(O)cc2)N3)C1. The molecule has 5 heteroatoms. The van der Waals surface area contributed by atoms with E-state index in [4.69, 9.17) is 0 Å². The molecule has 2 atom stereocenters. The maximum Gasteiger partial charge on any atom is 0.256 e. The molecule has 132 valence electrons. The zero-order valence-electron chi connectivity index (χ0n) is 14.8. The van der Waals surface area contributed by atoms with Gasteiger partial charge in [0.1, 0.15) is 16.9 Å². The predicted octanol–water partition coefficient (Wildman–Crippen LogP) is 4.46. The highest BCUT2D eigenvalue weighted by Gasteiger charge is 2.36. The minimum atomic E-state index is -0.251. The van der Waals surface area contributed by atoms with Crippen LogP contribution < -0.4 is 10.6 Å². The van der Waals surface area contributed by atoms with Crippen LogP contribution in [0.15, 0.2) is 24.3 Å². The number of aromatic hydroxyl groups is 1. The number of rotatable bonds is 1. The molecule has 4 rings (SSSR count). The summed E-state index contributed by atoms with van der Waals surface area (Å²) in [5.74, 6) is 0.904. The number of thiophene rings is 1. The molecule has 1 amide bonds. The molecule has 1 aromatic heterocycles. The smallest absolute Gasteiger partial charge is 0.256 e. The lowest BCUT2D eigenvalue weighted by molar-refractivity contribution is 0.0935. The van der Waals surface area contributed by atoms with Gasteiger partial charge in [-0.05, 0) is 53.9 Å². The van der Waals surface area contributed by atoms with Gasteiger partial charge in [0.05, 0.1) is 5.56 Å². The molecular formula is C20H24N2O2S. The van der Waals surface area contributed by atoms with Crippen molar-refractivity contribution in [2.45, 2.75) is 46.2 Å². The predicted molar refractivity (Wildman–Crippen MR) is 101 cm³/mol. The number of fused-ring (bicyclic) bond motifs is 3. The Kier molecular flexibility index (Phi) is 3.80. The number of amides is 1. The number of carbonyl (C=O) groups is 1. The summed E-state index contributed by atoms with van der Waals surface area (Å²) in [4.78, 5) is 14.1. The van der Waals surface area contributed by atoms with Gasteiger partial charge in [-0.25, -0.2) is 0 Å². The van der Waals surface area contributed by atoms with Crippen LogP contribution in [0.1, 0.15) is 59.7 Å². The van der Waals surface area contributed by atoms with Gasteiger partial charge in [-0.2, -0.15) is 0 Å². The number of hydrogen-bond donors (Lipinski definition) is 3. The third-order valence-electron chi connectivity index (χ3n) is 5.49. The summed E-state index contributed by atoms with van der Waals surface area (Å²) in [5, 5.41) is 17.0. The molecule has 0 saturated heterocycles. The summed E-state index contributed by atoms with van der Waals surface area (Å²) >= 11 is 1.74. The summed E-state index contributed by atoms with van der Waals surface area (Å²) in [7, 11) is 0. The average molecular weight is 356 g/mol. The molecule has 2 aromatic rings. The van der Waals surface area contributed by atoms with Gasteiger partial charge in [-0.1, -0.05) is 32.9 Å². The van der Waals surface area contributed by atoms with E-state index in [9.17, 15) is 9.90 Å². The van der Waals surface area contributed by atoms with Crippen molar-refractivity contribution in [1.82, 2.24) is 5.32 Å². The summed E-state index contributed by atoms with van der Waals surface area (Å²) in [6.45, 7) is 6.92. The van der Waals surface area contributed by atoms with Crippen LogP contribution in [0.3, 0.4) is 0 Å². The van der Waals surface area contributed by atoms with Crippen LogP contribution in [-0.2, 0) is 12.8 Å². The Hall–Kier alpha value is -2.01. The Bertz CT molecular complexity index is 817. The van der Waals surface area contributed by atoms with Crippen LogP contribution in [-0.4, -0.2) is 11.0 Å². The Morgan fingerprint density at radius 1 is 1.16 bits per heavy atom. The third-order valence-corrected chi connectivity index (χ3v) is 6.68. The Labute approximate surface area is 152 Å². The van der Waals surface area contributed by atoms with Gasteiger partial charge in [0, 0.05) is 4.88 Å². The van der Waals surface area contributed by atoms with Gasteiger partial charge in [0.15, 0.2) is 0 Å². The van der Waals surface area contributed by atoms with Crippen molar-refractivity contribution in [3.05, 3.63) is 45.8 Å². The van der Waals surface area contributed by atoms with Crippen LogP contribution in [0, 0.1) is 11.3 Å². The van der Waals surface area contributed by atoms with Gasteiger partial charge in [0.25, 0.3) is 5.91 Å². The van der Waals surface area contributed by atoms with Crippen molar-refractivity contribution in [2.24, 2.45) is 11.3 Å². The Morgan fingerprint density at radius 3 is 2.56 bits per heavy atom. The maximum absolute atomic E-state index is 12.8. The monoisotopic (exact) mass is 356 g/mol. The number of hydrogen-bond acceptors (Lipinski definition) is 4. The van der Waals surface area contributed by atoms with E-state index in [1.165, 1.54) is 10.4 Å². The fraction of sp³-hybridized carbons (Fsp3) is 0.450. The van der Waals surface area contributed by atoms with Crippen LogP contribution in [0.25, 0.3) is 0 Å². The van der Waals surface area contributed by atoms with Crippen molar-refractivity contribution in [3.8, 4) is 5.75 Å². The topological polar surface area (TPSA) is 61.4 Å². The van der Waals surface area contributed by atoms with Crippen molar-refractivity contribution in [3.63, 3.8) is 0 Å². The van der Waals surface area contributed by atoms with Crippen LogP contribution in [0.4, 0.5) is 5.00 Å². The lowest BCUT2D eigenvalue weighted by Crippen LogP contribution is -2.38. The fourth-order valence-corrected chi connectivity index (χ4v) is 5.22. The lowest BCUT2D eigenvalue weighted by atomic mass is 9.72. The number of carbonyl (C=O) groups excluding carboxylic acids is 1. The molecular weight excluding hydrogens is 332 g/mol. The summed E-state index contributed by atoms with van der Waals surface area (Å²) in [6.07, 6.45) is 2.95. The van der Waals surface area contributed by atoms with Gasteiger partial charge < -0.3 is 15.7 Å². The molecule has 3 N–H and O–H groups in total. The molecule has 2 aliphatic rings. The molecule has 1 aromatic carbocycles. The van der Waals surface area contributed by atoms with E-state index in [1.54, 1.807) is 23.5 Å². The normalized spacial score (nSPS) is 22.6. The number of phenolic OH excluding ortho intramolecular Hbond substituents is 1. The molecule has 0 saturated carbocycles. The summed E-state index contributed by atoms with van der Waals surface area (Å²) < 4.78 is 0. The molecule has 4 nitrogen and oxygen atoms in total. The van der Waals surface area contributed by atoms with E-state index in [0.717, 1.165) is 35.4 Å². The second-order valence-corrected chi connectivity index (χ2v) is 9.26. The second kappa shape index (κ2) is 5.77. The van der Waals surface area contributed by atoms with E-state index < -0.39 is 0 Å². The van der Waals surface area contributed by atoms with Crippen LogP contribution in [0.5, 0.6) is 5.75 Å². The molecule has 0 spiro atoms. The quantitative estimate of drug-likeness (QED) is 0.707. The first-order valence-corrected chi connectivity index (χ1v) is 9.65. The number of anilines is 1. The molecule has 1 aliphatic carbocycles. The van der Waals surface area contributed by atoms with Crippen LogP contribution in [0.2, 0.25) is 0 Å². The first-order valence-electron chi connectivity index (χ1n) is 8.84. The van der Waals surface area contributed by atoms with Gasteiger partial charge >= 0.3 is 0 Å². The standard InChI is InChI=1S/C20H24N2O2S/c1-20(2,3)12-6-9-14-15(10-12)25-19-16(14)18(24)21-17(22-19)11-4-7-13(23)8-5-11/h4-5,7-8,12,17,22-23H,6,9-10H2,1-3H3,(H,21,24)/t12-,17+/m1/s1. The van der Waals surface area contributed by atoms with Gasteiger partial charge in [-0.15, -0.1) is 11.3 Å². The van der Waals surface area contributed by atoms with E-state index >= 15 is 0 Å². The first kappa shape index (κ1) is 16.5. The Balaban J connectivity index is 1.64. The second-order valence-electron chi connectivity index (χ2n) is 8.16. The van der Waals surface area contributed by atoms with E-state index in [1.807, 2.05) is 12.1 Å². The van der Waals surface area contributed by atoms with Crippen molar-refractivity contribution >= 4 is 22.2 Å². The lowest BCUT2D eigenvalue weighted by Gasteiger charge is -2.34. The summed E-state index contributed by atoms with van der Waals surface area (Å²) in [6, 6.07) is 6.96. The maximum atomic E-state index is 12.8. The van der Waals surface area contributed by atoms with Gasteiger partial charge in [0.2, 0.25) is 0 Å². The largest absolute Gasteiger partial charge is 0.508 e. The first-order chi connectivity index (χ1) is 11.8. The molecule has 1 aliphatic heterocycles. The molecule has 0 fully saturated rings. The number of benzene rings is 1. The fourth-order valence-electron chi connectivity index (χ4n) is 3.87. The van der Waals surface area contributed by atoms with Crippen LogP contribution >= 0.6 is 11.3 Å². The van der Waals surface area contributed by atoms with E-state index in [2.05, 4.69) is 31.4 Å². The Morgan fingerprint density at radius 2 is 1.88 bits per heavy atom. The number of phenols is 1. The molecule has 0 unspecified atom stereocenters. The zero-order valence-corrected chi connectivity index (χ0v) is 15.7. The minimum Gasteiger partial charge on any atom is -0.508 e. The summed E-state index contributed by atoms with van der Waals surface area (Å²) in [5.41, 5.74) is 3.33. The average Bonchev–Trinajstić information content (AvgIpc) is 2.92. The highest BCUT2D eigenvalue weighted by atomic mass is 32.1. The van der Waals surface area contributed by atoms with Crippen molar-refractivity contribution in [1.29, 1.82) is 0 Å².